The van der Waals surface area contributed by atoms with E-state index >= 15 is 0 Å². The Morgan fingerprint density at radius 3 is 2.77 bits per heavy atom. The molecule has 0 aliphatic heterocycles. The second kappa shape index (κ2) is 8.20. The number of halogens is 1. The highest BCUT2D eigenvalue weighted by atomic mass is 35.5. The van der Waals surface area contributed by atoms with Crippen molar-refractivity contribution in [3.05, 3.63) is 34.9 Å². The first kappa shape index (κ1) is 16.8. The topological polar surface area (TPSA) is 58.6 Å². The summed E-state index contributed by atoms with van der Waals surface area (Å²) in [5.41, 5.74) is 0.772. The van der Waals surface area contributed by atoms with E-state index < -0.39 is 0 Å². The average molecular weight is 324 g/mol. The predicted molar refractivity (Wildman–Crippen MR) is 88.0 cm³/mol. The van der Waals surface area contributed by atoms with Crippen LogP contribution in [-0.4, -0.2) is 30.8 Å². The van der Waals surface area contributed by atoms with Crippen molar-refractivity contribution < 1.29 is 14.6 Å². The van der Waals surface area contributed by atoms with Gasteiger partial charge in [-0.05, 0) is 55.9 Å². The van der Waals surface area contributed by atoms with Crippen molar-refractivity contribution in [2.24, 2.45) is 5.92 Å². The first-order chi connectivity index (χ1) is 10.6. The van der Waals surface area contributed by atoms with Gasteiger partial charge in [-0.25, -0.2) is 0 Å². The zero-order valence-electron chi connectivity index (χ0n) is 12.7. The maximum atomic E-state index is 12.0. The summed E-state index contributed by atoms with van der Waals surface area (Å²) in [7, 11) is 1.58. The molecule has 1 aromatic carbocycles. The molecule has 1 saturated carbocycles. The molecule has 2 rings (SSSR count). The summed E-state index contributed by atoms with van der Waals surface area (Å²) >= 11 is 5.96. The summed E-state index contributed by atoms with van der Waals surface area (Å²) in [4.78, 5) is 12.0. The molecule has 0 unspecified atom stereocenters. The number of methoxy groups -OCH3 is 1. The molecular weight excluding hydrogens is 302 g/mol. The van der Waals surface area contributed by atoms with Gasteiger partial charge in [-0.2, -0.15) is 0 Å². The largest absolute Gasteiger partial charge is 0.496 e. The van der Waals surface area contributed by atoms with Crippen molar-refractivity contribution in [1.82, 2.24) is 5.32 Å². The molecule has 0 saturated heterocycles. The van der Waals surface area contributed by atoms with E-state index in [1.165, 1.54) is 6.08 Å². The molecule has 0 radical (unpaired) electrons. The Labute approximate surface area is 136 Å². The first-order valence-electron chi connectivity index (χ1n) is 7.55. The van der Waals surface area contributed by atoms with Gasteiger partial charge in [0.05, 0.1) is 7.11 Å². The molecule has 1 fully saturated rings. The smallest absolute Gasteiger partial charge is 0.244 e. The van der Waals surface area contributed by atoms with Crippen LogP contribution in [0.25, 0.3) is 6.08 Å². The lowest BCUT2D eigenvalue weighted by Crippen LogP contribution is -2.37. The lowest BCUT2D eigenvalue weighted by atomic mass is 9.86. The highest BCUT2D eigenvalue weighted by Gasteiger charge is 2.21. The van der Waals surface area contributed by atoms with Gasteiger partial charge in [-0.3, -0.25) is 4.79 Å². The van der Waals surface area contributed by atoms with E-state index in [9.17, 15) is 4.79 Å². The Morgan fingerprint density at radius 2 is 2.14 bits per heavy atom. The normalized spacial score (nSPS) is 21.8. The molecule has 1 aliphatic carbocycles. The van der Waals surface area contributed by atoms with Crippen LogP contribution >= 0.6 is 11.6 Å². The van der Waals surface area contributed by atoms with Gasteiger partial charge in [-0.15, -0.1) is 0 Å². The molecule has 0 heterocycles. The van der Waals surface area contributed by atoms with E-state index in [2.05, 4.69) is 5.32 Å². The number of nitrogens with one attached hydrogen (secondary N) is 1. The van der Waals surface area contributed by atoms with Crippen LogP contribution in [0, 0.1) is 5.92 Å². The summed E-state index contributed by atoms with van der Waals surface area (Å²) in [6.07, 6.45) is 6.99. The van der Waals surface area contributed by atoms with Gasteiger partial charge in [0.25, 0.3) is 0 Å². The molecule has 1 amide bonds. The molecule has 0 bridgehead atoms. The number of aliphatic hydroxyl groups is 1. The fourth-order valence-electron chi connectivity index (χ4n) is 2.74. The molecule has 0 spiro atoms. The van der Waals surface area contributed by atoms with E-state index in [1.807, 2.05) is 0 Å². The van der Waals surface area contributed by atoms with Crippen LogP contribution in [0.5, 0.6) is 5.75 Å². The Bertz CT molecular complexity index is 537. The molecule has 1 aliphatic rings. The lowest BCUT2D eigenvalue weighted by molar-refractivity contribution is -0.117. The van der Waals surface area contributed by atoms with Crippen molar-refractivity contribution >= 4 is 23.6 Å². The third-order valence-corrected chi connectivity index (χ3v) is 4.29. The summed E-state index contributed by atoms with van der Waals surface area (Å²) < 4.78 is 5.24. The molecule has 0 atom stereocenters. The number of hydrogen-bond acceptors (Lipinski definition) is 3. The summed E-state index contributed by atoms with van der Waals surface area (Å²) in [5.74, 6) is 0.950. The van der Waals surface area contributed by atoms with Crippen molar-refractivity contribution in [2.75, 3.05) is 13.7 Å². The van der Waals surface area contributed by atoms with Gasteiger partial charge in [0.2, 0.25) is 5.91 Å². The van der Waals surface area contributed by atoms with E-state index in [1.54, 1.807) is 31.4 Å². The summed E-state index contributed by atoms with van der Waals surface area (Å²) in [6, 6.07) is 5.48. The van der Waals surface area contributed by atoms with E-state index in [4.69, 9.17) is 21.4 Å². The van der Waals surface area contributed by atoms with Crippen LogP contribution in [0.1, 0.15) is 31.2 Å². The zero-order valence-corrected chi connectivity index (χ0v) is 13.5. The number of hydrogen-bond donors (Lipinski definition) is 2. The summed E-state index contributed by atoms with van der Waals surface area (Å²) in [5, 5.41) is 12.7. The zero-order chi connectivity index (χ0) is 15.9. The van der Waals surface area contributed by atoms with Crippen LogP contribution in [-0.2, 0) is 4.79 Å². The molecule has 2 N–H and O–H groups in total. The molecule has 5 heteroatoms. The highest BCUT2D eigenvalue weighted by Crippen LogP contribution is 2.25. The molecule has 0 aromatic heterocycles. The van der Waals surface area contributed by atoms with E-state index in [0.717, 1.165) is 31.2 Å². The van der Waals surface area contributed by atoms with Crippen molar-refractivity contribution in [2.45, 2.75) is 31.7 Å². The minimum absolute atomic E-state index is 0.116. The molecule has 1 aromatic rings. The number of amides is 1. The van der Waals surface area contributed by atoms with Crippen LogP contribution < -0.4 is 10.1 Å². The van der Waals surface area contributed by atoms with Gasteiger partial charge >= 0.3 is 0 Å². The third-order valence-electron chi connectivity index (χ3n) is 4.06. The third kappa shape index (κ3) is 4.75. The van der Waals surface area contributed by atoms with Crippen LogP contribution in [0.4, 0.5) is 0 Å². The van der Waals surface area contributed by atoms with Crippen LogP contribution in [0.15, 0.2) is 24.3 Å². The van der Waals surface area contributed by atoms with Crippen LogP contribution in [0.2, 0.25) is 5.02 Å². The average Bonchev–Trinajstić information content (AvgIpc) is 2.54. The quantitative estimate of drug-likeness (QED) is 0.819. The fraction of sp³-hybridized carbons (Fsp3) is 0.471. The molecule has 120 valence electrons. The highest BCUT2D eigenvalue weighted by molar-refractivity contribution is 6.30. The standard InChI is InChI=1S/C17H22ClNO3/c1-22-16-8-5-14(18)10-13(16)4-9-17(21)19-15-6-2-12(11-20)3-7-15/h4-5,8-10,12,15,20H,2-3,6-7,11H2,1H3,(H,19,21)/b9-4+. The van der Waals surface area contributed by atoms with Gasteiger partial charge < -0.3 is 15.2 Å². The Kier molecular flexibility index (Phi) is 6.28. The lowest BCUT2D eigenvalue weighted by Gasteiger charge is -2.27. The number of benzene rings is 1. The number of aliphatic hydroxyl groups excluding tert-OH is 1. The SMILES string of the molecule is COc1ccc(Cl)cc1/C=C/C(=O)NC1CCC(CO)CC1. The van der Waals surface area contributed by atoms with Gasteiger partial charge in [-0.1, -0.05) is 11.6 Å². The van der Waals surface area contributed by atoms with Crippen molar-refractivity contribution in [1.29, 1.82) is 0 Å². The second-order valence-electron chi connectivity index (χ2n) is 5.63. The van der Waals surface area contributed by atoms with Gasteiger partial charge in [0.1, 0.15) is 5.75 Å². The minimum Gasteiger partial charge on any atom is -0.496 e. The number of ether oxygens (including phenoxy) is 1. The maximum absolute atomic E-state index is 12.0. The molecule has 4 nitrogen and oxygen atoms in total. The first-order valence-corrected chi connectivity index (χ1v) is 7.93. The second-order valence-corrected chi connectivity index (χ2v) is 6.06. The van der Waals surface area contributed by atoms with Gasteiger partial charge in [0.15, 0.2) is 0 Å². The number of carbonyl (C=O) groups excluding carboxylic acids is 1. The fourth-order valence-corrected chi connectivity index (χ4v) is 2.92. The number of carbonyl (C=O) groups is 1. The van der Waals surface area contributed by atoms with Gasteiger partial charge in [0, 0.05) is 29.3 Å². The Hall–Kier alpha value is -1.52. The van der Waals surface area contributed by atoms with Crippen molar-refractivity contribution in [3.8, 4) is 5.75 Å². The monoisotopic (exact) mass is 323 g/mol. The summed E-state index contributed by atoms with van der Waals surface area (Å²) in [6.45, 7) is 0.245. The minimum atomic E-state index is -0.116. The van der Waals surface area contributed by atoms with Crippen molar-refractivity contribution in [3.63, 3.8) is 0 Å². The Morgan fingerprint density at radius 1 is 1.41 bits per heavy atom. The Balaban J connectivity index is 1.90. The van der Waals surface area contributed by atoms with E-state index in [-0.39, 0.29) is 18.6 Å². The van der Waals surface area contributed by atoms with Crippen LogP contribution in [0.3, 0.4) is 0 Å². The predicted octanol–water partition coefficient (Wildman–Crippen LogP) is 3.03. The van der Waals surface area contributed by atoms with E-state index in [0.29, 0.717) is 16.7 Å². The maximum Gasteiger partial charge on any atom is 0.244 e. The number of rotatable bonds is 5. The molecule has 22 heavy (non-hydrogen) atoms. The molecular formula is C17H22ClNO3.